The summed E-state index contributed by atoms with van der Waals surface area (Å²) in [6.45, 7) is 8.43. The topological polar surface area (TPSA) is 50.2 Å². The molecule has 1 aromatic heterocycles. The van der Waals surface area contributed by atoms with Crippen LogP contribution in [0, 0.1) is 20.8 Å². The minimum atomic E-state index is -0.0432. The molecule has 2 rings (SSSR count). The fourth-order valence-corrected chi connectivity index (χ4v) is 3.22. The molecule has 1 N–H and O–H groups in total. The van der Waals surface area contributed by atoms with Gasteiger partial charge in [-0.2, -0.15) is 5.10 Å². The molecule has 142 valence electrons. The van der Waals surface area contributed by atoms with E-state index in [2.05, 4.69) is 46.5 Å². The summed E-state index contributed by atoms with van der Waals surface area (Å²) in [7, 11) is 4.05. The van der Waals surface area contributed by atoms with Gasteiger partial charge in [-0.3, -0.25) is 9.48 Å². The van der Waals surface area contributed by atoms with E-state index in [0.717, 1.165) is 11.4 Å². The van der Waals surface area contributed by atoms with Gasteiger partial charge in [-0.1, -0.05) is 41.4 Å². The van der Waals surface area contributed by atoms with Crippen molar-refractivity contribution in [2.24, 2.45) is 0 Å². The van der Waals surface area contributed by atoms with Gasteiger partial charge < -0.3 is 10.2 Å². The molecule has 1 aromatic carbocycles. The average molecular weight is 377 g/mol. The van der Waals surface area contributed by atoms with E-state index in [1.807, 2.05) is 39.5 Å². The van der Waals surface area contributed by atoms with E-state index >= 15 is 0 Å². The number of carbonyl (C=O) groups is 1. The molecule has 0 radical (unpaired) electrons. The zero-order chi connectivity index (χ0) is 19.4. The molecule has 0 aliphatic carbocycles. The van der Waals surface area contributed by atoms with Gasteiger partial charge in [0.2, 0.25) is 5.91 Å². The number of benzene rings is 1. The second-order valence-electron chi connectivity index (χ2n) is 7.18. The van der Waals surface area contributed by atoms with Gasteiger partial charge >= 0.3 is 0 Å². The lowest BCUT2D eigenvalue weighted by Gasteiger charge is -2.25. The second kappa shape index (κ2) is 8.69. The smallest absolute Gasteiger partial charge is 0.222 e. The number of aryl methyl sites for hydroxylation is 2. The maximum atomic E-state index is 12.4. The maximum Gasteiger partial charge on any atom is 0.222 e. The van der Waals surface area contributed by atoms with Gasteiger partial charge in [0.1, 0.15) is 0 Å². The molecule has 2 atom stereocenters. The number of amides is 1. The first kappa shape index (κ1) is 20.5. The van der Waals surface area contributed by atoms with Crippen LogP contribution in [0.5, 0.6) is 0 Å². The summed E-state index contributed by atoms with van der Waals surface area (Å²) in [6.07, 6.45) is 0.367. The number of rotatable bonds is 7. The summed E-state index contributed by atoms with van der Waals surface area (Å²) in [5, 5.41) is 8.17. The summed E-state index contributed by atoms with van der Waals surface area (Å²) < 4.78 is 1.83. The van der Waals surface area contributed by atoms with E-state index in [0.29, 0.717) is 18.0 Å². The predicted octanol–water partition coefficient (Wildman–Crippen LogP) is 3.83. The molecule has 0 aliphatic heterocycles. The van der Waals surface area contributed by atoms with Crippen LogP contribution in [0.15, 0.2) is 24.3 Å². The quantitative estimate of drug-likeness (QED) is 0.798. The Morgan fingerprint density at radius 3 is 2.35 bits per heavy atom. The van der Waals surface area contributed by atoms with E-state index in [1.165, 1.54) is 11.1 Å². The molecule has 0 spiro atoms. The first-order chi connectivity index (χ1) is 12.2. The summed E-state index contributed by atoms with van der Waals surface area (Å²) >= 11 is 6.21. The molecular weight excluding hydrogens is 348 g/mol. The van der Waals surface area contributed by atoms with Crippen LogP contribution in [0.3, 0.4) is 0 Å². The van der Waals surface area contributed by atoms with Crippen molar-refractivity contribution in [3.05, 3.63) is 51.8 Å². The van der Waals surface area contributed by atoms with Crippen LogP contribution in [0.2, 0.25) is 5.02 Å². The Morgan fingerprint density at radius 1 is 1.23 bits per heavy atom. The van der Waals surface area contributed by atoms with Crippen molar-refractivity contribution >= 4 is 17.5 Å². The highest BCUT2D eigenvalue weighted by atomic mass is 35.5. The second-order valence-corrected chi connectivity index (χ2v) is 7.55. The minimum Gasteiger partial charge on any atom is -0.354 e. The van der Waals surface area contributed by atoms with Gasteiger partial charge in [0, 0.05) is 13.0 Å². The zero-order valence-electron chi connectivity index (χ0n) is 16.5. The third-order valence-corrected chi connectivity index (χ3v) is 5.26. The Hall–Kier alpha value is -1.85. The van der Waals surface area contributed by atoms with Crippen LogP contribution in [-0.2, 0) is 4.79 Å². The van der Waals surface area contributed by atoms with Crippen molar-refractivity contribution in [1.82, 2.24) is 20.0 Å². The molecule has 1 heterocycles. The van der Waals surface area contributed by atoms with E-state index in [1.54, 1.807) is 0 Å². The first-order valence-corrected chi connectivity index (χ1v) is 9.29. The lowest BCUT2D eigenvalue weighted by Crippen LogP contribution is -2.35. The summed E-state index contributed by atoms with van der Waals surface area (Å²) in [5.41, 5.74) is 4.12. The van der Waals surface area contributed by atoms with Crippen LogP contribution in [-0.4, -0.2) is 41.2 Å². The number of aromatic nitrogens is 2. The van der Waals surface area contributed by atoms with Gasteiger partial charge in [0.05, 0.1) is 28.5 Å². The predicted molar refractivity (Wildman–Crippen MR) is 107 cm³/mol. The molecular formula is C20H29ClN4O. The van der Waals surface area contributed by atoms with Crippen molar-refractivity contribution in [3.8, 4) is 0 Å². The summed E-state index contributed by atoms with van der Waals surface area (Å²) in [6, 6.07) is 8.53. The number of hydrogen-bond donors (Lipinski definition) is 1. The van der Waals surface area contributed by atoms with Crippen LogP contribution < -0.4 is 5.32 Å². The lowest BCUT2D eigenvalue weighted by atomic mass is 10.0. The van der Waals surface area contributed by atoms with Crippen LogP contribution in [0.1, 0.15) is 47.9 Å². The third kappa shape index (κ3) is 4.86. The number of likely N-dealkylation sites (N-methyl/N-ethyl adjacent to an activating group) is 1. The number of nitrogens with zero attached hydrogens (tertiary/aromatic N) is 3. The van der Waals surface area contributed by atoms with Crippen molar-refractivity contribution in [1.29, 1.82) is 0 Å². The first-order valence-electron chi connectivity index (χ1n) is 8.91. The van der Waals surface area contributed by atoms with Crippen molar-refractivity contribution < 1.29 is 4.79 Å². The molecule has 5 nitrogen and oxygen atoms in total. The molecule has 0 saturated heterocycles. The zero-order valence-corrected chi connectivity index (χ0v) is 17.3. The molecule has 0 saturated carbocycles. The van der Waals surface area contributed by atoms with E-state index < -0.39 is 0 Å². The summed E-state index contributed by atoms with van der Waals surface area (Å²) in [5.74, 6) is 0.0140. The van der Waals surface area contributed by atoms with Crippen LogP contribution in [0.25, 0.3) is 0 Å². The number of carbonyl (C=O) groups excluding carboxylic acids is 1. The molecule has 0 aliphatic rings. The SMILES string of the molecule is Cc1ccc([C@@H](CNC(=O)C[C@H](C)n2nc(C)c(Cl)c2C)N(C)C)cc1. The molecule has 0 unspecified atom stereocenters. The molecule has 6 heteroatoms. The molecule has 0 bridgehead atoms. The number of hydrogen-bond acceptors (Lipinski definition) is 3. The Kier molecular flexibility index (Phi) is 6.84. The molecule has 1 amide bonds. The highest BCUT2D eigenvalue weighted by Crippen LogP contribution is 2.23. The maximum absolute atomic E-state index is 12.4. The highest BCUT2D eigenvalue weighted by molar-refractivity contribution is 6.31. The standard InChI is InChI=1S/C20H29ClN4O/c1-13-7-9-17(10-8-13)18(24(5)6)12-22-19(26)11-14(2)25-16(4)20(21)15(3)23-25/h7-10,14,18H,11-12H2,1-6H3,(H,22,26)/t14-,18+/m0/s1. The van der Waals surface area contributed by atoms with Crippen molar-refractivity contribution in [2.45, 2.75) is 46.2 Å². The Balaban J connectivity index is 1.97. The normalized spacial score (nSPS) is 13.7. The Labute approximate surface area is 161 Å². The monoisotopic (exact) mass is 376 g/mol. The fraction of sp³-hybridized carbons (Fsp3) is 0.500. The van der Waals surface area contributed by atoms with E-state index in [4.69, 9.17) is 11.6 Å². The van der Waals surface area contributed by atoms with Gasteiger partial charge in [-0.15, -0.1) is 0 Å². The third-order valence-electron chi connectivity index (χ3n) is 4.71. The van der Waals surface area contributed by atoms with Gasteiger partial charge in [0.15, 0.2) is 0 Å². The highest BCUT2D eigenvalue weighted by Gasteiger charge is 2.19. The van der Waals surface area contributed by atoms with Gasteiger partial charge in [0.25, 0.3) is 0 Å². The lowest BCUT2D eigenvalue weighted by molar-refractivity contribution is -0.122. The largest absolute Gasteiger partial charge is 0.354 e. The minimum absolute atomic E-state index is 0.0140. The van der Waals surface area contributed by atoms with Gasteiger partial charge in [-0.05, 0) is 47.4 Å². The Morgan fingerprint density at radius 2 is 1.85 bits per heavy atom. The molecule has 0 fully saturated rings. The number of halogens is 1. The Bertz CT molecular complexity index is 752. The summed E-state index contributed by atoms with van der Waals surface area (Å²) in [4.78, 5) is 14.6. The molecule has 2 aromatic rings. The van der Waals surface area contributed by atoms with Crippen molar-refractivity contribution in [3.63, 3.8) is 0 Å². The van der Waals surface area contributed by atoms with E-state index in [-0.39, 0.29) is 18.0 Å². The number of nitrogens with one attached hydrogen (secondary N) is 1. The fourth-order valence-electron chi connectivity index (χ4n) is 3.10. The molecule has 26 heavy (non-hydrogen) atoms. The van der Waals surface area contributed by atoms with Crippen LogP contribution >= 0.6 is 11.6 Å². The van der Waals surface area contributed by atoms with Gasteiger partial charge in [-0.25, -0.2) is 0 Å². The van der Waals surface area contributed by atoms with E-state index in [9.17, 15) is 4.79 Å². The van der Waals surface area contributed by atoms with Crippen LogP contribution in [0.4, 0.5) is 0 Å². The van der Waals surface area contributed by atoms with Crippen molar-refractivity contribution in [2.75, 3.05) is 20.6 Å². The average Bonchev–Trinajstić information content (AvgIpc) is 2.84.